The first-order valence-electron chi connectivity index (χ1n) is 4.15. The van der Waals surface area contributed by atoms with Crippen LogP contribution in [0.1, 0.15) is 40.5 Å². The van der Waals surface area contributed by atoms with Gasteiger partial charge >= 0.3 is 0 Å². The molecule has 0 saturated heterocycles. The molecule has 1 nitrogen and oxygen atoms in total. The van der Waals surface area contributed by atoms with Crippen LogP contribution in [0.2, 0.25) is 0 Å². The van der Waals surface area contributed by atoms with Crippen LogP contribution in [0.25, 0.3) is 0 Å². The van der Waals surface area contributed by atoms with E-state index in [4.69, 9.17) is 4.74 Å². The monoisotopic (exact) mass is 142 g/mol. The Bertz CT molecular complexity index is 108. The fraction of sp³-hybridized carbons (Fsp3) is 1.00. The van der Waals surface area contributed by atoms with Crippen LogP contribution in [-0.2, 0) is 4.74 Å². The summed E-state index contributed by atoms with van der Waals surface area (Å²) in [7, 11) is 0. The molecule has 0 spiro atoms. The lowest BCUT2D eigenvalue weighted by Crippen LogP contribution is -2.26. The highest BCUT2D eigenvalue weighted by Gasteiger charge is 2.29. The Morgan fingerprint density at radius 1 is 1.30 bits per heavy atom. The van der Waals surface area contributed by atoms with Gasteiger partial charge in [0, 0.05) is 0 Å². The Labute approximate surface area is 63.8 Å². The molecule has 1 aliphatic carbocycles. The lowest BCUT2D eigenvalue weighted by Gasteiger charge is -2.27. The first-order chi connectivity index (χ1) is 4.50. The van der Waals surface area contributed by atoms with Gasteiger partial charge in [-0.1, -0.05) is 20.8 Å². The second-order valence-electron chi connectivity index (χ2n) is 4.34. The molecule has 1 atom stereocenters. The Hall–Kier alpha value is -0.0400. The van der Waals surface area contributed by atoms with Crippen molar-refractivity contribution in [2.75, 3.05) is 0 Å². The van der Waals surface area contributed by atoms with Gasteiger partial charge in [-0.25, -0.2) is 0 Å². The quantitative estimate of drug-likeness (QED) is 0.576. The minimum absolute atomic E-state index is 0.308. The van der Waals surface area contributed by atoms with Crippen LogP contribution in [0.4, 0.5) is 0 Å². The van der Waals surface area contributed by atoms with Crippen molar-refractivity contribution in [1.29, 1.82) is 0 Å². The highest BCUT2D eigenvalue weighted by molar-refractivity contribution is 4.78. The molecule has 0 heterocycles. The number of hydrogen-bond acceptors (Lipinski definition) is 1. The zero-order chi connectivity index (χ0) is 7.78. The van der Waals surface area contributed by atoms with Crippen LogP contribution in [0.3, 0.4) is 0 Å². The third-order valence-corrected chi connectivity index (χ3v) is 2.14. The summed E-state index contributed by atoms with van der Waals surface area (Å²) < 4.78 is 5.73. The van der Waals surface area contributed by atoms with E-state index in [9.17, 15) is 0 Å². The summed E-state index contributed by atoms with van der Waals surface area (Å²) in [5, 5.41) is 0. The van der Waals surface area contributed by atoms with E-state index in [1.165, 1.54) is 12.8 Å². The lowest BCUT2D eigenvalue weighted by atomic mass is 9.90. The van der Waals surface area contributed by atoms with Crippen molar-refractivity contribution in [2.45, 2.75) is 52.7 Å². The molecule has 0 amide bonds. The van der Waals surface area contributed by atoms with Gasteiger partial charge in [-0.05, 0) is 25.2 Å². The van der Waals surface area contributed by atoms with Crippen molar-refractivity contribution in [3.05, 3.63) is 0 Å². The molecule has 0 aliphatic heterocycles. The molecule has 0 bridgehead atoms. The number of ether oxygens (including phenoxy) is 1. The SMILES string of the molecule is C[C@@H](OC1CC1)C(C)(C)C. The van der Waals surface area contributed by atoms with Gasteiger partial charge < -0.3 is 4.74 Å². The van der Waals surface area contributed by atoms with Crippen LogP contribution in [0.5, 0.6) is 0 Å². The molecule has 0 aromatic rings. The van der Waals surface area contributed by atoms with Gasteiger partial charge in [-0.2, -0.15) is 0 Å². The summed E-state index contributed by atoms with van der Waals surface area (Å²) >= 11 is 0. The molecule has 0 aromatic carbocycles. The highest BCUT2D eigenvalue weighted by Crippen LogP contribution is 2.30. The maximum Gasteiger partial charge on any atom is 0.0599 e. The average molecular weight is 142 g/mol. The minimum Gasteiger partial charge on any atom is -0.375 e. The third kappa shape index (κ3) is 2.30. The van der Waals surface area contributed by atoms with Gasteiger partial charge in [-0.15, -0.1) is 0 Å². The topological polar surface area (TPSA) is 9.23 Å². The Morgan fingerprint density at radius 3 is 2.10 bits per heavy atom. The second kappa shape index (κ2) is 2.54. The van der Waals surface area contributed by atoms with Crippen LogP contribution in [-0.4, -0.2) is 12.2 Å². The number of hydrogen-bond donors (Lipinski definition) is 0. The molecule has 1 aliphatic rings. The standard InChI is InChI=1S/C9H18O/c1-7(9(2,3)4)10-8-5-6-8/h7-8H,5-6H2,1-4H3/t7-/m1/s1. The average Bonchev–Trinajstić information content (AvgIpc) is 2.47. The Balaban J connectivity index is 2.25. The van der Waals surface area contributed by atoms with Gasteiger partial charge in [0.15, 0.2) is 0 Å². The summed E-state index contributed by atoms with van der Waals surface area (Å²) in [4.78, 5) is 0. The van der Waals surface area contributed by atoms with E-state index >= 15 is 0 Å². The van der Waals surface area contributed by atoms with Crippen LogP contribution in [0.15, 0.2) is 0 Å². The molecule has 0 radical (unpaired) electrons. The summed E-state index contributed by atoms with van der Waals surface area (Å²) in [6.45, 7) is 8.83. The lowest BCUT2D eigenvalue weighted by molar-refractivity contribution is -0.0155. The third-order valence-electron chi connectivity index (χ3n) is 2.14. The van der Waals surface area contributed by atoms with Crippen LogP contribution >= 0.6 is 0 Å². The van der Waals surface area contributed by atoms with E-state index in [0.717, 1.165) is 0 Å². The van der Waals surface area contributed by atoms with E-state index in [0.29, 0.717) is 17.6 Å². The van der Waals surface area contributed by atoms with Gasteiger partial charge in [0.05, 0.1) is 12.2 Å². The molecule has 1 rings (SSSR count). The van der Waals surface area contributed by atoms with Crippen molar-refractivity contribution in [3.8, 4) is 0 Å². The van der Waals surface area contributed by atoms with E-state index in [2.05, 4.69) is 27.7 Å². The van der Waals surface area contributed by atoms with E-state index in [-0.39, 0.29) is 0 Å². The zero-order valence-corrected chi connectivity index (χ0v) is 7.48. The van der Waals surface area contributed by atoms with Crippen LogP contribution < -0.4 is 0 Å². The Morgan fingerprint density at radius 2 is 1.80 bits per heavy atom. The summed E-state index contributed by atoms with van der Waals surface area (Å²) in [5.41, 5.74) is 0.308. The molecular formula is C9H18O. The van der Waals surface area contributed by atoms with Crippen molar-refractivity contribution in [2.24, 2.45) is 5.41 Å². The van der Waals surface area contributed by atoms with Crippen molar-refractivity contribution in [3.63, 3.8) is 0 Å². The van der Waals surface area contributed by atoms with Gasteiger partial charge in [0.1, 0.15) is 0 Å². The number of rotatable bonds is 2. The molecular weight excluding hydrogens is 124 g/mol. The predicted octanol–water partition coefficient (Wildman–Crippen LogP) is 2.60. The molecule has 1 fully saturated rings. The van der Waals surface area contributed by atoms with E-state index in [1.807, 2.05) is 0 Å². The van der Waals surface area contributed by atoms with Gasteiger partial charge in [0.2, 0.25) is 0 Å². The maximum atomic E-state index is 5.73. The molecule has 1 saturated carbocycles. The highest BCUT2D eigenvalue weighted by atomic mass is 16.5. The van der Waals surface area contributed by atoms with Crippen molar-refractivity contribution >= 4 is 0 Å². The molecule has 0 unspecified atom stereocenters. The first kappa shape index (κ1) is 8.06. The minimum atomic E-state index is 0.308. The van der Waals surface area contributed by atoms with Crippen molar-refractivity contribution in [1.82, 2.24) is 0 Å². The summed E-state index contributed by atoms with van der Waals surface area (Å²) in [6, 6.07) is 0. The summed E-state index contributed by atoms with van der Waals surface area (Å²) in [5.74, 6) is 0. The zero-order valence-electron chi connectivity index (χ0n) is 7.48. The summed E-state index contributed by atoms with van der Waals surface area (Å²) in [6.07, 6.45) is 3.55. The largest absolute Gasteiger partial charge is 0.375 e. The molecule has 0 aromatic heterocycles. The second-order valence-corrected chi connectivity index (χ2v) is 4.34. The molecule has 1 heteroatoms. The molecule has 0 N–H and O–H groups in total. The van der Waals surface area contributed by atoms with Gasteiger partial charge in [-0.3, -0.25) is 0 Å². The normalized spacial score (nSPS) is 22.8. The van der Waals surface area contributed by atoms with Crippen LogP contribution in [0, 0.1) is 5.41 Å². The fourth-order valence-corrected chi connectivity index (χ4v) is 0.697. The smallest absolute Gasteiger partial charge is 0.0599 e. The predicted molar refractivity (Wildman–Crippen MR) is 43.0 cm³/mol. The molecule has 60 valence electrons. The van der Waals surface area contributed by atoms with E-state index < -0.39 is 0 Å². The molecule has 10 heavy (non-hydrogen) atoms. The Kier molecular flexibility index (Phi) is 2.04. The fourth-order valence-electron chi connectivity index (χ4n) is 0.697. The maximum absolute atomic E-state index is 5.73. The van der Waals surface area contributed by atoms with Gasteiger partial charge in [0.25, 0.3) is 0 Å². The first-order valence-corrected chi connectivity index (χ1v) is 4.15. The van der Waals surface area contributed by atoms with Crippen molar-refractivity contribution < 1.29 is 4.74 Å². The van der Waals surface area contributed by atoms with E-state index in [1.54, 1.807) is 0 Å².